The summed E-state index contributed by atoms with van der Waals surface area (Å²) in [5.74, 6) is 0.871. The Morgan fingerprint density at radius 2 is 2.54 bits per heavy atom. The molecule has 3 nitrogen and oxygen atoms in total. The Labute approximate surface area is 79.2 Å². The summed E-state index contributed by atoms with van der Waals surface area (Å²) in [6.07, 6.45) is 9.80. The highest BCUT2D eigenvalue weighted by molar-refractivity contribution is 4.75. The first-order chi connectivity index (χ1) is 6.45. The van der Waals surface area contributed by atoms with Crippen molar-refractivity contribution in [2.45, 2.75) is 25.8 Å². The molecule has 1 atom stereocenters. The molecule has 1 fully saturated rings. The molecule has 0 spiro atoms. The van der Waals surface area contributed by atoms with Gasteiger partial charge in [-0.3, -0.25) is 0 Å². The third kappa shape index (κ3) is 2.56. The van der Waals surface area contributed by atoms with Gasteiger partial charge >= 0.3 is 0 Å². The van der Waals surface area contributed by atoms with E-state index in [1.54, 1.807) is 0 Å². The van der Waals surface area contributed by atoms with E-state index in [0.29, 0.717) is 0 Å². The van der Waals surface area contributed by atoms with E-state index < -0.39 is 0 Å². The summed E-state index contributed by atoms with van der Waals surface area (Å²) in [7, 11) is 0. The third-order valence-electron chi connectivity index (χ3n) is 2.75. The number of hydrogen-bond acceptors (Lipinski definition) is 2. The van der Waals surface area contributed by atoms with Crippen LogP contribution in [0.2, 0.25) is 0 Å². The van der Waals surface area contributed by atoms with Crippen molar-refractivity contribution in [1.82, 2.24) is 14.9 Å². The molecule has 3 heteroatoms. The summed E-state index contributed by atoms with van der Waals surface area (Å²) >= 11 is 0. The monoisotopic (exact) mass is 179 g/mol. The van der Waals surface area contributed by atoms with Crippen LogP contribution in [0.4, 0.5) is 0 Å². The molecule has 2 rings (SSSR count). The molecule has 1 N–H and O–H groups in total. The fraction of sp³-hybridized carbons (Fsp3) is 0.700. The molecule has 1 aliphatic heterocycles. The summed E-state index contributed by atoms with van der Waals surface area (Å²) in [4.78, 5) is 4.03. The van der Waals surface area contributed by atoms with Crippen molar-refractivity contribution >= 4 is 0 Å². The average Bonchev–Trinajstić information content (AvgIpc) is 2.69. The summed E-state index contributed by atoms with van der Waals surface area (Å²) in [6, 6.07) is 0. The van der Waals surface area contributed by atoms with Crippen LogP contribution >= 0.6 is 0 Å². The second kappa shape index (κ2) is 4.42. The van der Waals surface area contributed by atoms with E-state index in [0.717, 1.165) is 12.5 Å². The lowest BCUT2D eigenvalue weighted by atomic mass is 9.96. The highest BCUT2D eigenvalue weighted by Crippen LogP contribution is 2.14. The zero-order chi connectivity index (χ0) is 8.93. The highest BCUT2D eigenvalue weighted by atomic mass is 15.0. The zero-order valence-electron chi connectivity index (χ0n) is 7.95. The Balaban J connectivity index is 1.72. The standard InChI is InChI=1S/C10H17N3/c1-2-10(8-11-4-1)3-6-13-7-5-12-9-13/h5,7,9-11H,1-4,6,8H2. The summed E-state index contributed by atoms with van der Waals surface area (Å²) in [5.41, 5.74) is 0. The molecule has 0 radical (unpaired) electrons. The summed E-state index contributed by atoms with van der Waals surface area (Å²) in [5, 5.41) is 3.44. The second-order valence-electron chi connectivity index (χ2n) is 3.80. The van der Waals surface area contributed by atoms with Crippen molar-refractivity contribution in [3.8, 4) is 0 Å². The number of nitrogens with zero attached hydrogens (tertiary/aromatic N) is 2. The molecule has 0 bridgehead atoms. The number of hydrogen-bond donors (Lipinski definition) is 1. The van der Waals surface area contributed by atoms with E-state index in [1.165, 1.54) is 32.4 Å². The number of aromatic nitrogens is 2. The van der Waals surface area contributed by atoms with Gasteiger partial charge in [0.15, 0.2) is 0 Å². The lowest BCUT2D eigenvalue weighted by Gasteiger charge is -2.22. The molecule has 13 heavy (non-hydrogen) atoms. The van der Waals surface area contributed by atoms with Gasteiger partial charge in [-0.15, -0.1) is 0 Å². The lowest BCUT2D eigenvalue weighted by molar-refractivity contribution is 0.341. The molecule has 1 unspecified atom stereocenters. The molecular formula is C10H17N3. The molecule has 0 amide bonds. The van der Waals surface area contributed by atoms with Crippen LogP contribution in [-0.4, -0.2) is 22.6 Å². The summed E-state index contributed by atoms with van der Waals surface area (Å²) in [6.45, 7) is 3.53. The molecule has 72 valence electrons. The van der Waals surface area contributed by atoms with Gasteiger partial charge in [0.05, 0.1) is 6.33 Å². The highest BCUT2D eigenvalue weighted by Gasteiger charge is 2.11. The predicted molar refractivity (Wildman–Crippen MR) is 52.4 cm³/mol. The van der Waals surface area contributed by atoms with Crippen molar-refractivity contribution in [3.05, 3.63) is 18.7 Å². The fourth-order valence-corrected chi connectivity index (χ4v) is 1.92. The minimum atomic E-state index is 0.871. The van der Waals surface area contributed by atoms with Gasteiger partial charge in [-0.1, -0.05) is 0 Å². The van der Waals surface area contributed by atoms with Gasteiger partial charge in [-0.2, -0.15) is 0 Å². The van der Waals surface area contributed by atoms with Crippen molar-refractivity contribution in [3.63, 3.8) is 0 Å². The predicted octanol–water partition coefficient (Wildman–Crippen LogP) is 1.27. The van der Waals surface area contributed by atoms with E-state index in [-0.39, 0.29) is 0 Å². The maximum atomic E-state index is 4.03. The van der Waals surface area contributed by atoms with Gasteiger partial charge in [0.1, 0.15) is 0 Å². The van der Waals surface area contributed by atoms with Gasteiger partial charge < -0.3 is 9.88 Å². The van der Waals surface area contributed by atoms with Crippen molar-refractivity contribution in [2.24, 2.45) is 5.92 Å². The molecule has 1 aliphatic rings. The van der Waals surface area contributed by atoms with Crippen molar-refractivity contribution in [1.29, 1.82) is 0 Å². The van der Waals surface area contributed by atoms with E-state index >= 15 is 0 Å². The number of nitrogens with one attached hydrogen (secondary N) is 1. The minimum Gasteiger partial charge on any atom is -0.337 e. The van der Waals surface area contributed by atoms with Crippen LogP contribution in [0, 0.1) is 5.92 Å². The Hall–Kier alpha value is -0.830. The zero-order valence-corrected chi connectivity index (χ0v) is 7.95. The molecule has 1 aromatic heterocycles. The largest absolute Gasteiger partial charge is 0.337 e. The fourth-order valence-electron chi connectivity index (χ4n) is 1.92. The minimum absolute atomic E-state index is 0.871. The van der Waals surface area contributed by atoms with Crippen molar-refractivity contribution < 1.29 is 0 Å². The van der Waals surface area contributed by atoms with Crippen LogP contribution in [0.3, 0.4) is 0 Å². The Morgan fingerprint density at radius 1 is 1.54 bits per heavy atom. The topological polar surface area (TPSA) is 29.9 Å². The molecule has 0 saturated carbocycles. The van der Waals surface area contributed by atoms with E-state index in [9.17, 15) is 0 Å². The van der Waals surface area contributed by atoms with Gasteiger partial charge in [0.25, 0.3) is 0 Å². The SMILES string of the molecule is c1cn(CCC2CCCNC2)cn1. The van der Waals surface area contributed by atoms with E-state index in [4.69, 9.17) is 0 Å². The van der Waals surface area contributed by atoms with Crippen molar-refractivity contribution in [2.75, 3.05) is 13.1 Å². The first-order valence-electron chi connectivity index (χ1n) is 5.11. The lowest BCUT2D eigenvalue weighted by Crippen LogP contribution is -2.30. The maximum Gasteiger partial charge on any atom is 0.0945 e. The van der Waals surface area contributed by atoms with Crippen LogP contribution in [0.5, 0.6) is 0 Å². The molecule has 0 aromatic carbocycles. The Kier molecular flexibility index (Phi) is 2.98. The van der Waals surface area contributed by atoms with Gasteiger partial charge in [-0.05, 0) is 38.3 Å². The second-order valence-corrected chi connectivity index (χ2v) is 3.80. The first kappa shape index (κ1) is 8.75. The Morgan fingerprint density at radius 3 is 3.23 bits per heavy atom. The molecule has 2 heterocycles. The molecule has 0 aliphatic carbocycles. The quantitative estimate of drug-likeness (QED) is 0.757. The average molecular weight is 179 g/mol. The van der Waals surface area contributed by atoms with Gasteiger partial charge in [0, 0.05) is 18.9 Å². The van der Waals surface area contributed by atoms with Crippen LogP contribution < -0.4 is 5.32 Å². The van der Waals surface area contributed by atoms with E-state index in [1.807, 2.05) is 18.7 Å². The van der Waals surface area contributed by atoms with Crippen LogP contribution in [0.1, 0.15) is 19.3 Å². The molecular weight excluding hydrogens is 162 g/mol. The maximum absolute atomic E-state index is 4.03. The number of rotatable bonds is 3. The van der Waals surface area contributed by atoms with Gasteiger partial charge in [-0.25, -0.2) is 4.98 Å². The van der Waals surface area contributed by atoms with Crippen LogP contribution in [0.25, 0.3) is 0 Å². The summed E-state index contributed by atoms with van der Waals surface area (Å²) < 4.78 is 2.16. The van der Waals surface area contributed by atoms with Crippen LogP contribution in [0.15, 0.2) is 18.7 Å². The first-order valence-corrected chi connectivity index (χ1v) is 5.11. The molecule has 1 saturated heterocycles. The third-order valence-corrected chi connectivity index (χ3v) is 2.75. The number of imidazole rings is 1. The Bertz CT molecular complexity index is 224. The van der Waals surface area contributed by atoms with Crippen LogP contribution in [-0.2, 0) is 6.54 Å². The molecule has 1 aromatic rings. The normalized spacial score (nSPS) is 23.2. The number of aryl methyl sites for hydroxylation is 1. The number of piperidine rings is 1. The van der Waals surface area contributed by atoms with Gasteiger partial charge in [0.2, 0.25) is 0 Å². The smallest absolute Gasteiger partial charge is 0.0945 e. The van der Waals surface area contributed by atoms with E-state index in [2.05, 4.69) is 14.9 Å².